The molecule has 1 aromatic rings. The summed E-state index contributed by atoms with van der Waals surface area (Å²) >= 11 is 0. The van der Waals surface area contributed by atoms with Gasteiger partial charge in [-0.25, -0.2) is 4.98 Å². The van der Waals surface area contributed by atoms with Gasteiger partial charge < -0.3 is 15.8 Å². The molecule has 1 fully saturated rings. The number of aromatic nitrogens is 1. The zero-order chi connectivity index (χ0) is 17.8. The fourth-order valence-electron chi connectivity index (χ4n) is 2.90. The topological polar surface area (TPSA) is 77.2 Å². The number of ether oxygens (including phenoxy) is 1. The molecule has 1 saturated carbocycles. The van der Waals surface area contributed by atoms with Crippen LogP contribution in [0.3, 0.4) is 0 Å². The summed E-state index contributed by atoms with van der Waals surface area (Å²) in [6.45, 7) is 0.672. The molecule has 1 amide bonds. The quantitative estimate of drug-likeness (QED) is 0.860. The maximum atomic E-state index is 12.3. The lowest BCUT2D eigenvalue weighted by atomic mass is 9.74. The predicted octanol–water partition coefficient (Wildman–Crippen LogP) is 2.55. The largest absolute Gasteiger partial charge is 0.468 e. The zero-order valence-corrected chi connectivity index (χ0v) is 13.5. The minimum Gasteiger partial charge on any atom is -0.468 e. The molecule has 1 heterocycles. The molecule has 2 rings (SSSR count). The van der Waals surface area contributed by atoms with Gasteiger partial charge in [-0.3, -0.25) is 4.79 Å². The van der Waals surface area contributed by atoms with Crippen molar-refractivity contribution in [1.82, 2.24) is 10.3 Å². The van der Waals surface area contributed by atoms with Crippen molar-refractivity contribution in [2.24, 2.45) is 11.7 Å². The monoisotopic (exact) mass is 345 g/mol. The van der Waals surface area contributed by atoms with Gasteiger partial charge in [-0.05, 0) is 31.4 Å². The first-order valence-electron chi connectivity index (χ1n) is 7.88. The number of nitrogens with one attached hydrogen (secondary N) is 1. The van der Waals surface area contributed by atoms with Crippen LogP contribution in [0.25, 0.3) is 0 Å². The summed E-state index contributed by atoms with van der Waals surface area (Å²) in [5, 5.41) is 2.80. The standard InChI is InChI=1S/C16H22F3N3O2/c1-15(20)6-3-2-4-12(15)14(23)22-9-11-5-7-21-13(8-11)24-10-16(17,18)19/h5,7-8,12H,2-4,6,9-10,20H2,1H3,(H,22,23). The summed E-state index contributed by atoms with van der Waals surface area (Å²) in [7, 11) is 0. The lowest BCUT2D eigenvalue weighted by molar-refractivity contribution is -0.154. The van der Waals surface area contributed by atoms with Crippen molar-refractivity contribution >= 4 is 5.91 Å². The number of pyridine rings is 1. The summed E-state index contributed by atoms with van der Waals surface area (Å²) in [6, 6.07) is 3.00. The first-order valence-corrected chi connectivity index (χ1v) is 7.88. The third-order valence-electron chi connectivity index (χ3n) is 4.22. The molecule has 0 bridgehead atoms. The van der Waals surface area contributed by atoms with Gasteiger partial charge in [0.2, 0.25) is 11.8 Å². The summed E-state index contributed by atoms with van der Waals surface area (Å²) in [5.74, 6) is -0.510. The Morgan fingerprint density at radius 3 is 2.92 bits per heavy atom. The van der Waals surface area contributed by atoms with E-state index in [1.165, 1.54) is 12.3 Å². The van der Waals surface area contributed by atoms with Crippen LogP contribution >= 0.6 is 0 Å². The number of nitrogens with two attached hydrogens (primary N) is 1. The molecule has 0 aliphatic heterocycles. The SMILES string of the molecule is CC1(N)CCCCC1C(=O)NCc1ccnc(OCC(F)(F)F)c1. The molecule has 1 aromatic heterocycles. The number of rotatable bonds is 5. The van der Waals surface area contributed by atoms with E-state index >= 15 is 0 Å². The summed E-state index contributed by atoms with van der Waals surface area (Å²) < 4.78 is 41.1. The number of alkyl halides is 3. The molecule has 0 saturated heterocycles. The number of hydrogen-bond donors (Lipinski definition) is 2. The van der Waals surface area contributed by atoms with Gasteiger partial charge in [-0.15, -0.1) is 0 Å². The van der Waals surface area contributed by atoms with Crippen molar-refractivity contribution in [2.45, 2.75) is 50.9 Å². The van der Waals surface area contributed by atoms with Gasteiger partial charge in [0.25, 0.3) is 0 Å². The fourth-order valence-corrected chi connectivity index (χ4v) is 2.90. The molecule has 0 spiro atoms. The highest BCUT2D eigenvalue weighted by Gasteiger charge is 2.37. The Labute approximate surface area is 138 Å². The molecular weight excluding hydrogens is 323 g/mol. The van der Waals surface area contributed by atoms with Gasteiger partial charge in [0, 0.05) is 24.3 Å². The van der Waals surface area contributed by atoms with E-state index in [4.69, 9.17) is 5.73 Å². The maximum absolute atomic E-state index is 12.3. The van der Waals surface area contributed by atoms with Crippen LogP contribution in [-0.4, -0.2) is 29.2 Å². The van der Waals surface area contributed by atoms with Crippen molar-refractivity contribution in [1.29, 1.82) is 0 Å². The average molecular weight is 345 g/mol. The second kappa shape index (κ2) is 7.38. The zero-order valence-electron chi connectivity index (χ0n) is 13.5. The lowest BCUT2D eigenvalue weighted by Gasteiger charge is -2.37. The molecule has 0 radical (unpaired) electrons. The van der Waals surface area contributed by atoms with Gasteiger partial charge >= 0.3 is 6.18 Å². The minimum absolute atomic E-state index is 0.125. The Balaban J connectivity index is 1.90. The third-order valence-corrected chi connectivity index (χ3v) is 4.22. The van der Waals surface area contributed by atoms with Crippen molar-refractivity contribution in [3.05, 3.63) is 23.9 Å². The van der Waals surface area contributed by atoms with E-state index in [0.717, 1.165) is 25.7 Å². The van der Waals surface area contributed by atoms with Crippen molar-refractivity contribution in [3.8, 4) is 5.88 Å². The molecule has 1 aliphatic rings. The highest BCUT2D eigenvalue weighted by molar-refractivity contribution is 5.80. The Kier molecular flexibility index (Phi) is 5.69. The second-order valence-electron chi connectivity index (χ2n) is 6.43. The first-order chi connectivity index (χ1) is 11.2. The van der Waals surface area contributed by atoms with E-state index in [1.54, 1.807) is 6.07 Å². The van der Waals surface area contributed by atoms with E-state index in [-0.39, 0.29) is 24.2 Å². The molecular formula is C16H22F3N3O2. The Morgan fingerprint density at radius 1 is 1.50 bits per heavy atom. The van der Waals surface area contributed by atoms with Crippen LogP contribution in [0.15, 0.2) is 18.3 Å². The smallest absolute Gasteiger partial charge is 0.422 e. The van der Waals surface area contributed by atoms with E-state index in [1.807, 2.05) is 6.92 Å². The van der Waals surface area contributed by atoms with E-state index < -0.39 is 18.3 Å². The lowest BCUT2D eigenvalue weighted by Crippen LogP contribution is -2.52. The van der Waals surface area contributed by atoms with Gasteiger partial charge in [0.05, 0.1) is 5.92 Å². The third kappa shape index (κ3) is 5.36. The highest BCUT2D eigenvalue weighted by Crippen LogP contribution is 2.31. The number of nitrogens with zero attached hydrogens (tertiary/aromatic N) is 1. The highest BCUT2D eigenvalue weighted by atomic mass is 19.4. The summed E-state index contributed by atoms with van der Waals surface area (Å²) in [6.07, 6.45) is 0.459. The van der Waals surface area contributed by atoms with Gasteiger partial charge in [0.15, 0.2) is 6.61 Å². The predicted molar refractivity (Wildman–Crippen MR) is 82.2 cm³/mol. The van der Waals surface area contributed by atoms with E-state index in [0.29, 0.717) is 5.56 Å². The molecule has 2 atom stereocenters. The number of halogens is 3. The Hall–Kier alpha value is -1.83. The van der Waals surface area contributed by atoms with Gasteiger partial charge in [-0.1, -0.05) is 12.8 Å². The van der Waals surface area contributed by atoms with Crippen molar-refractivity contribution in [2.75, 3.05) is 6.61 Å². The number of carbonyl (C=O) groups is 1. The first kappa shape index (κ1) is 18.5. The number of carbonyl (C=O) groups excluding carboxylic acids is 1. The number of amides is 1. The van der Waals surface area contributed by atoms with E-state index in [9.17, 15) is 18.0 Å². The molecule has 5 nitrogen and oxygen atoms in total. The molecule has 8 heteroatoms. The number of hydrogen-bond acceptors (Lipinski definition) is 4. The summed E-state index contributed by atoms with van der Waals surface area (Å²) in [5.41, 5.74) is 6.29. The molecule has 2 unspecified atom stereocenters. The van der Waals surface area contributed by atoms with Crippen LogP contribution in [0.1, 0.15) is 38.2 Å². The van der Waals surface area contributed by atoms with Crippen LogP contribution in [-0.2, 0) is 11.3 Å². The maximum Gasteiger partial charge on any atom is 0.422 e. The van der Waals surface area contributed by atoms with Crippen LogP contribution in [0.5, 0.6) is 5.88 Å². The summed E-state index contributed by atoms with van der Waals surface area (Å²) in [4.78, 5) is 16.1. The van der Waals surface area contributed by atoms with Crippen LogP contribution in [0.4, 0.5) is 13.2 Å². The normalized spacial score (nSPS) is 24.5. The Bertz CT molecular complexity index is 576. The van der Waals surface area contributed by atoms with Crippen LogP contribution < -0.4 is 15.8 Å². The minimum atomic E-state index is -4.42. The van der Waals surface area contributed by atoms with Crippen LogP contribution in [0, 0.1) is 5.92 Å². The van der Waals surface area contributed by atoms with Crippen LogP contribution in [0.2, 0.25) is 0 Å². The van der Waals surface area contributed by atoms with Gasteiger partial charge in [0.1, 0.15) is 0 Å². The van der Waals surface area contributed by atoms with E-state index in [2.05, 4.69) is 15.0 Å². The molecule has 1 aliphatic carbocycles. The fraction of sp³-hybridized carbons (Fsp3) is 0.625. The second-order valence-corrected chi connectivity index (χ2v) is 6.43. The molecule has 3 N–H and O–H groups in total. The average Bonchev–Trinajstić information content (AvgIpc) is 2.50. The molecule has 24 heavy (non-hydrogen) atoms. The molecule has 0 aromatic carbocycles. The van der Waals surface area contributed by atoms with Crippen molar-refractivity contribution in [3.63, 3.8) is 0 Å². The van der Waals surface area contributed by atoms with Gasteiger partial charge in [-0.2, -0.15) is 13.2 Å². The Morgan fingerprint density at radius 2 is 2.25 bits per heavy atom. The molecule has 134 valence electrons. The van der Waals surface area contributed by atoms with Crippen molar-refractivity contribution < 1.29 is 22.7 Å².